The largest absolute Gasteiger partial charge is 0.478 e. The van der Waals surface area contributed by atoms with Gasteiger partial charge in [0.25, 0.3) is 0 Å². The molecule has 0 aromatic heterocycles. The maximum Gasteiger partial charge on any atom is 0.335 e. The van der Waals surface area contributed by atoms with Gasteiger partial charge in [-0.1, -0.05) is 29.8 Å². The Morgan fingerprint density at radius 1 is 1.11 bits per heavy atom. The van der Waals surface area contributed by atoms with Gasteiger partial charge in [0.15, 0.2) is 0 Å². The predicted octanol–water partition coefficient (Wildman–Crippen LogP) is 2.72. The first kappa shape index (κ1) is 11.0. The molecule has 2 aromatic rings. The first-order valence-corrected chi connectivity index (χ1v) is 5.81. The van der Waals surface area contributed by atoms with E-state index in [1.165, 1.54) is 0 Å². The van der Waals surface area contributed by atoms with E-state index < -0.39 is 5.97 Å². The monoisotopic (exact) mass is 239 g/mol. The number of hydrogen-bond acceptors (Lipinski definition) is 2. The number of hydrogen-bond donors (Lipinski definition) is 2. The molecule has 3 rings (SSSR count). The maximum absolute atomic E-state index is 11.0. The summed E-state index contributed by atoms with van der Waals surface area (Å²) in [7, 11) is 0. The van der Waals surface area contributed by atoms with Gasteiger partial charge >= 0.3 is 5.97 Å². The Bertz CT molecular complexity index is 662. The molecule has 18 heavy (non-hydrogen) atoms. The highest BCUT2D eigenvalue weighted by atomic mass is 16.4. The minimum absolute atomic E-state index is 0.228. The zero-order chi connectivity index (χ0) is 12.9. The number of fused-ring (bicyclic) bond motifs is 3. The van der Waals surface area contributed by atoms with E-state index in [-0.39, 0.29) is 11.6 Å². The summed E-state index contributed by atoms with van der Waals surface area (Å²) in [4.78, 5) is 11.0. The van der Waals surface area contributed by atoms with E-state index in [1.807, 2.05) is 19.1 Å². The van der Waals surface area contributed by atoms with Crippen LogP contribution in [-0.2, 0) is 0 Å². The summed E-state index contributed by atoms with van der Waals surface area (Å²) in [5.41, 5.74) is 11.8. The van der Waals surface area contributed by atoms with E-state index in [1.54, 1.807) is 12.1 Å². The molecule has 0 saturated carbocycles. The Morgan fingerprint density at radius 2 is 1.72 bits per heavy atom. The third-order valence-corrected chi connectivity index (χ3v) is 3.47. The van der Waals surface area contributed by atoms with E-state index in [4.69, 9.17) is 10.8 Å². The summed E-state index contributed by atoms with van der Waals surface area (Å²) in [6, 6.07) is 11.1. The van der Waals surface area contributed by atoms with Crippen molar-refractivity contribution in [3.8, 4) is 11.1 Å². The first-order chi connectivity index (χ1) is 8.58. The van der Waals surface area contributed by atoms with Crippen LogP contribution < -0.4 is 5.73 Å². The Balaban J connectivity index is 2.23. The zero-order valence-corrected chi connectivity index (χ0v) is 9.97. The van der Waals surface area contributed by atoms with Gasteiger partial charge < -0.3 is 10.8 Å². The minimum atomic E-state index is -0.919. The van der Waals surface area contributed by atoms with Gasteiger partial charge in [-0.05, 0) is 41.3 Å². The SMILES string of the molecule is Cc1ccc2c(c1)C(N)c1cc(C(=O)O)ccc1-2. The van der Waals surface area contributed by atoms with Crippen LogP contribution >= 0.6 is 0 Å². The number of aromatic carboxylic acids is 1. The predicted molar refractivity (Wildman–Crippen MR) is 69.6 cm³/mol. The molecule has 0 fully saturated rings. The fourth-order valence-electron chi connectivity index (χ4n) is 2.55. The minimum Gasteiger partial charge on any atom is -0.478 e. The van der Waals surface area contributed by atoms with Gasteiger partial charge in [-0.25, -0.2) is 4.79 Å². The number of carboxylic acid groups (broad SMARTS) is 1. The number of benzene rings is 2. The van der Waals surface area contributed by atoms with Gasteiger partial charge in [0.1, 0.15) is 0 Å². The lowest BCUT2D eigenvalue weighted by Crippen LogP contribution is -2.09. The fraction of sp³-hybridized carbons (Fsp3) is 0.133. The summed E-state index contributed by atoms with van der Waals surface area (Å²) in [6.45, 7) is 2.03. The summed E-state index contributed by atoms with van der Waals surface area (Å²) in [5.74, 6) is -0.919. The van der Waals surface area contributed by atoms with E-state index in [0.717, 1.165) is 27.8 Å². The highest BCUT2D eigenvalue weighted by molar-refractivity contribution is 5.90. The van der Waals surface area contributed by atoms with Gasteiger partial charge in [-0.3, -0.25) is 0 Å². The summed E-state index contributed by atoms with van der Waals surface area (Å²) in [6.07, 6.45) is 0. The van der Waals surface area contributed by atoms with Crippen LogP contribution in [0.1, 0.15) is 33.1 Å². The highest BCUT2D eigenvalue weighted by Gasteiger charge is 2.26. The van der Waals surface area contributed by atoms with Crippen LogP contribution in [0.25, 0.3) is 11.1 Å². The molecular formula is C15H13NO2. The van der Waals surface area contributed by atoms with Crippen molar-refractivity contribution in [1.82, 2.24) is 0 Å². The second-order valence-electron chi connectivity index (χ2n) is 4.68. The summed E-state index contributed by atoms with van der Waals surface area (Å²) >= 11 is 0. The second-order valence-corrected chi connectivity index (χ2v) is 4.68. The molecule has 90 valence electrons. The third kappa shape index (κ3) is 1.45. The van der Waals surface area contributed by atoms with Crippen LogP contribution in [0.2, 0.25) is 0 Å². The fourth-order valence-corrected chi connectivity index (χ4v) is 2.55. The average Bonchev–Trinajstić information content (AvgIpc) is 2.62. The lowest BCUT2D eigenvalue weighted by atomic mass is 10.0. The van der Waals surface area contributed by atoms with Crippen molar-refractivity contribution < 1.29 is 9.90 Å². The number of carboxylic acids is 1. The van der Waals surface area contributed by atoms with Crippen LogP contribution in [0.5, 0.6) is 0 Å². The molecule has 1 atom stereocenters. The van der Waals surface area contributed by atoms with Crippen molar-refractivity contribution in [2.45, 2.75) is 13.0 Å². The molecule has 0 saturated heterocycles. The molecule has 3 heteroatoms. The van der Waals surface area contributed by atoms with Crippen molar-refractivity contribution in [2.75, 3.05) is 0 Å². The quantitative estimate of drug-likeness (QED) is 0.804. The van der Waals surface area contributed by atoms with Crippen molar-refractivity contribution in [3.05, 3.63) is 58.7 Å². The van der Waals surface area contributed by atoms with Gasteiger partial charge in [-0.2, -0.15) is 0 Å². The Labute approximate surface area is 105 Å². The smallest absolute Gasteiger partial charge is 0.335 e. The lowest BCUT2D eigenvalue weighted by Gasteiger charge is -2.07. The molecule has 1 aliphatic carbocycles. The van der Waals surface area contributed by atoms with Gasteiger partial charge in [0, 0.05) is 0 Å². The molecule has 3 nitrogen and oxygen atoms in total. The Kier molecular flexibility index (Phi) is 2.25. The second kappa shape index (κ2) is 3.68. The third-order valence-electron chi connectivity index (χ3n) is 3.47. The standard InChI is InChI=1S/C15H13NO2/c1-8-2-4-10-11-5-3-9(15(17)18)7-13(11)14(16)12(10)6-8/h2-7,14H,16H2,1H3,(H,17,18). The zero-order valence-electron chi connectivity index (χ0n) is 9.97. The summed E-state index contributed by atoms with van der Waals surface area (Å²) < 4.78 is 0. The van der Waals surface area contributed by atoms with E-state index in [2.05, 4.69) is 12.1 Å². The Hall–Kier alpha value is -2.13. The molecule has 0 spiro atoms. The highest BCUT2D eigenvalue weighted by Crippen LogP contribution is 2.42. The number of aryl methyl sites for hydroxylation is 1. The van der Waals surface area contributed by atoms with Crippen LogP contribution in [-0.4, -0.2) is 11.1 Å². The van der Waals surface area contributed by atoms with Crippen molar-refractivity contribution >= 4 is 5.97 Å². The summed E-state index contributed by atoms with van der Waals surface area (Å²) in [5, 5.41) is 9.02. The lowest BCUT2D eigenvalue weighted by molar-refractivity contribution is 0.0697. The molecule has 0 bridgehead atoms. The molecule has 1 unspecified atom stereocenters. The number of carbonyl (C=O) groups is 1. The number of rotatable bonds is 1. The van der Waals surface area contributed by atoms with Crippen molar-refractivity contribution in [1.29, 1.82) is 0 Å². The molecule has 3 N–H and O–H groups in total. The molecule has 0 aliphatic heterocycles. The molecule has 0 radical (unpaired) electrons. The van der Waals surface area contributed by atoms with E-state index >= 15 is 0 Å². The van der Waals surface area contributed by atoms with E-state index in [0.29, 0.717) is 0 Å². The van der Waals surface area contributed by atoms with E-state index in [9.17, 15) is 4.79 Å². The van der Waals surface area contributed by atoms with Gasteiger partial charge in [0.05, 0.1) is 11.6 Å². The molecule has 0 amide bonds. The van der Waals surface area contributed by atoms with Crippen LogP contribution in [0, 0.1) is 6.92 Å². The normalized spacial score (nSPS) is 16.2. The van der Waals surface area contributed by atoms with Crippen LogP contribution in [0.15, 0.2) is 36.4 Å². The maximum atomic E-state index is 11.0. The Morgan fingerprint density at radius 3 is 2.39 bits per heavy atom. The van der Waals surface area contributed by atoms with Crippen molar-refractivity contribution in [3.63, 3.8) is 0 Å². The van der Waals surface area contributed by atoms with Gasteiger partial charge in [0.2, 0.25) is 0 Å². The van der Waals surface area contributed by atoms with Crippen LogP contribution in [0.4, 0.5) is 0 Å². The molecule has 2 aromatic carbocycles. The molecule has 1 aliphatic rings. The molecule has 0 heterocycles. The first-order valence-electron chi connectivity index (χ1n) is 5.81. The van der Waals surface area contributed by atoms with Gasteiger partial charge in [-0.15, -0.1) is 0 Å². The van der Waals surface area contributed by atoms with Crippen LogP contribution in [0.3, 0.4) is 0 Å². The van der Waals surface area contributed by atoms with Crippen molar-refractivity contribution in [2.24, 2.45) is 5.73 Å². The average molecular weight is 239 g/mol. The molecular weight excluding hydrogens is 226 g/mol. The number of nitrogens with two attached hydrogens (primary N) is 1. The topological polar surface area (TPSA) is 63.3 Å².